The summed E-state index contributed by atoms with van der Waals surface area (Å²) >= 11 is 2.96. The van der Waals surface area contributed by atoms with E-state index >= 15 is 0 Å². The van der Waals surface area contributed by atoms with Crippen LogP contribution in [0.15, 0.2) is 38.4 Å². The lowest BCUT2D eigenvalue weighted by Crippen LogP contribution is -2.30. The van der Waals surface area contributed by atoms with Gasteiger partial charge in [-0.05, 0) is 22.0 Å². The lowest BCUT2D eigenvalue weighted by atomic mass is 10.2. The lowest BCUT2D eigenvalue weighted by molar-refractivity contribution is -0.386. The van der Waals surface area contributed by atoms with Crippen molar-refractivity contribution in [3.05, 3.63) is 60.9 Å². The quantitative estimate of drug-likeness (QED) is 0.359. The minimum atomic E-state index is -0.779. The standard InChI is InChI=1S/C11H9BrN4O5/c12-7-3-15(4-8(10(7)17)16(19)20)5-9-6(1-2-21-9)11(18)14-13/h1-4H,5,13H2,(H,14,18). The monoisotopic (exact) mass is 356 g/mol. The van der Waals surface area contributed by atoms with Crippen molar-refractivity contribution < 1.29 is 14.1 Å². The van der Waals surface area contributed by atoms with Crippen LogP contribution in [0.1, 0.15) is 16.1 Å². The molecular formula is C11H9BrN4O5. The van der Waals surface area contributed by atoms with Crippen molar-refractivity contribution in [2.75, 3.05) is 0 Å². The van der Waals surface area contributed by atoms with Gasteiger partial charge in [-0.3, -0.25) is 25.1 Å². The number of hydrogen-bond donors (Lipinski definition) is 2. The van der Waals surface area contributed by atoms with E-state index in [-0.39, 0.29) is 22.3 Å². The number of nitrogens with one attached hydrogen (secondary N) is 1. The maximum Gasteiger partial charge on any atom is 0.333 e. The summed E-state index contributed by atoms with van der Waals surface area (Å²) in [5.41, 5.74) is 0.863. The second kappa shape index (κ2) is 5.89. The molecule has 10 heteroatoms. The summed E-state index contributed by atoms with van der Waals surface area (Å²) in [6.45, 7) is 0.0233. The van der Waals surface area contributed by atoms with Gasteiger partial charge in [-0.15, -0.1) is 0 Å². The number of nitro groups is 1. The number of nitrogens with zero attached hydrogens (tertiary/aromatic N) is 2. The molecule has 0 radical (unpaired) electrons. The predicted octanol–water partition coefficient (Wildman–Crippen LogP) is 0.764. The van der Waals surface area contributed by atoms with Crippen molar-refractivity contribution in [3.8, 4) is 0 Å². The Bertz CT molecular complexity index is 766. The minimum absolute atomic E-state index is 0.0233. The van der Waals surface area contributed by atoms with E-state index in [1.165, 1.54) is 23.1 Å². The normalized spacial score (nSPS) is 10.4. The Morgan fingerprint density at radius 2 is 2.24 bits per heavy atom. The van der Waals surface area contributed by atoms with Crippen LogP contribution in [-0.4, -0.2) is 15.4 Å². The Balaban J connectivity index is 2.41. The number of nitrogen functional groups attached to an aromatic ring is 1. The van der Waals surface area contributed by atoms with Crippen LogP contribution in [0, 0.1) is 10.1 Å². The highest BCUT2D eigenvalue weighted by Gasteiger charge is 2.18. The summed E-state index contributed by atoms with van der Waals surface area (Å²) in [7, 11) is 0. The van der Waals surface area contributed by atoms with E-state index in [4.69, 9.17) is 10.3 Å². The van der Waals surface area contributed by atoms with Crippen molar-refractivity contribution in [2.45, 2.75) is 6.54 Å². The smallest absolute Gasteiger partial charge is 0.333 e. The van der Waals surface area contributed by atoms with Crippen LogP contribution in [-0.2, 0) is 6.54 Å². The molecular weight excluding hydrogens is 348 g/mol. The van der Waals surface area contributed by atoms with Crippen LogP contribution >= 0.6 is 15.9 Å². The van der Waals surface area contributed by atoms with Crippen LogP contribution in [0.2, 0.25) is 0 Å². The number of pyridine rings is 1. The molecule has 1 amide bonds. The average Bonchev–Trinajstić information content (AvgIpc) is 2.89. The number of carbonyl (C=O) groups is 1. The molecule has 0 saturated carbocycles. The van der Waals surface area contributed by atoms with Crippen LogP contribution in [0.5, 0.6) is 0 Å². The predicted molar refractivity (Wildman–Crippen MR) is 74.5 cm³/mol. The molecule has 0 saturated heterocycles. The van der Waals surface area contributed by atoms with Crippen LogP contribution in [0.25, 0.3) is 0 Å². The Kier molecular flexibility index (Phi) is 4.19. The first kappa shape index (κ1) is 14.9. The van der Waals surface area contributed by atoms with Crippen molar-refractivity contribution in [3.63, 3.8) is 0 Å². The van der Waals surface area contributed by atoms with E-state index in [1.807, 2.05) is 5.43 Å². The third-order valence-corrected chi connectivity index (χ3v) is 3.23. The zero-order chi connectivity index (χ0) is 15.6. The molecule has 0 aliphatic rings. The Morgan fingerprint density at radius 3 is 2.86 bits per heavy atom. The largest absolute Gasteiger partial charge is 0.467 e. The number of furan rings is 1. The number of hydrazine groups is 1. The highest BCUT2D eigenvalue weighted by Crippen LogP contribution is 2.16. The Labute approximate surface area is 125 Å². The van der Waals surface area contributed by atoms with Crippen molar-refractivity contribution in [2.24, 2.45) is 5.84 Å². The third-order valence-electron chi connectivity index (χ3n) is 2.66. The van der Waals surface area contributed by atoms with Gasteiger partial charge in [-0.2, -0.15) is 0 Å². The van der Waals surface area contributed by atoms with Gasteiger partial charge in [0.25, 0.3) is 11.3 Å². The van der Waals surface area contributed by atoms with E-state index in [0.29, 0.717) is 0 Å². The Hall–Kier alpha value is -2.46. The van der Waals surface area contributed by atoms with E-state index in [2.05, 4.69) is 15.9 Å². The molecule has 0 bridgehead atoms. The van der Waals surface area contributed by atoms with Gasteiger partial charge in [0.15, 0.2) is 0 Å². The fourth-order valence-corrected chi connectivity index (χ4v) is 2.18. The lowest BCUT2D eigenvalue weighted by Gasteiger charge is -2.06. The molecule has 9 nitrogen and oxygen atoms in total. The average molecular weight is 357 g/mol. The van der Waals surface area contributed by atoms with Gasteiger partial charge in [0, 0.05) is 6.20 Å². The summed E-state index contributed by atoms with van der Waals surface area (Å²) in [4.78, 5) is 33.1. The molecule has 2 aromatic heterocycles. The fraction of sp³-hybridized carbons (Fsp3) is 0.0909. The highest BCUT2D eigenvalue weighted by molar-refractivity contribution is 9.10. The van der Waals surface area contributed by atoms with Crippen LogP contribution in [0.4, 0.5) is 5.69 Å². The molecule has 0 fully saturated rings. The fourth-order valence-electron chi connectivity index (χ4n) is 1.71. The SMILES string of the molecule is NNC(=O)c1ccoc1Cn1cc(Br)c(=O)c([N+](=O)[O-])c1. The number of carbonyl (C=O) groups excluding carboxylic acids is 1. The minimum Gasteiger partial charge on any atom is -0.467 e. The molecule has 3 N–H and O–H groups in total. The number of rotatable bonds is 4. The topological polar surface area (TPSA) is 133 Å². The zero-order valence-electron chi connectivity index (χ0n) is 10.4. The van der Waals surface area contributed by atoms with Gasteiger partial charge < -0.3 is 8.98 Å². The molecule has 2 heterocycles. The van der Waals surface area contributed by atoms with Crippen LogP contribution in [0.3, 0.4) is 0 Å². The van der Waals surface area contributed by atoms with Gasteiger partial charge in [0.2, 0.25) is 0 Å². The molecule has 2 rings (SSSR count). The summed E-state index contributed by atoms with van der Waals surface area (Å²) in [5, 5.41) is 10.8. The number of amides is 1. The van der Waals surface area contributed by atoms with Crippen LogP contribution < -0.4 is 16.7 Å². The number of aromatic nitrogens is 1. The third kappa shape index (κ3) is 3.01. The first-order chi connectivity index (χ1) is 9.93. The second-order valence-corrected chi connectivity index (χ2v) is 4.84. The van der Waals surface area contributed by atoms with Crippen molar-refractivity contribution >= 4 is 27.5 Å². The summed E-state index contributed by atoms with van der Waals surface area (Å²) in [5.74, 6) is 4.75. The molecule has 0 spiro atoms. The van der Waals surface area contributed by atoms with E-state index in [9.17, 15) is 19.7 Å². The molecule has 2 aromatic rings. The second-order valence-electron chi connectivity index (χ2n) is 3.98. The van der Waals surface area contributed by atoms with E-state index in [0.717, 1.165) is 6.20 Å². The highest BCUT2D eigenvalue weighted by atomic mass is 79.9. The van der Waals surface area contributed by atoms with E-state index < -0.39 is 21.9 Å². The first-order valence-corrected chi connectivity index (χ1v) is 6.34. The molecule has 0 aliphatic carbocycles. The molecule has 110 valence electrons. The zero-order valence-corrected chi connectivity index (χ0v) is 12.0. The maximum atomic E-state index is 11.6. The van der Waals surface area contributed by atoms with Gasteiger partial charge in [-0.25, -0.2) is 5.84 Å². The summed E-state index contributed by atoms with van der Waals surface area (Å²) in [6.07, 6.45) is 3.73. The first-order valence-electron chi connectivity index (χ1n) is 5.55. The molecule has 0 unspecified atom stereocenters. The maximum absolute atomic E-state index is 11.6. The molecule has 21 heavy (non-hydrogen) atoms. The van der Waals surface area contributed by atoms with Gasteiger partial charge in [-0.1, -0.05) is 0 Å². The van der Waals surface area contributed by atoms with Crippen molar-refractivity contribution in [1.29, 1.82) is 0 Å². The van der Waals surface area contributed by atoms with Gasteiger partial charge >= 0.3 is 5.69 Å². The summed E-state index contributed by atoms with van der Waals surface area (Å²) in [6, 6.07) is 1.42. The molecule has 0 atom stereocenters. The Morgan fingerprint density at radius 1 is 1.52 bits per heavy atom. The van der Waals surface area contributed by atoms with Crippen molar-refractivity contribution in [1.82, 2.24) is 9.99 Å². The van der Waals surface area contributed by atoms with Gasteiger partial charge in [0.1, 0.15) is 5.76 Å². The van der Waals surface area contributed by atoms with Gasteiger partial charge in [0.05, 0.1) is 34.0 Å². The number of nitrogens with two attached hydrogens (primary N) is 1. The summed E-state index contributed by atoms with van der Waals surface area (Å²) < 4.78 is 6.55. The molecule has 0 aromatic carbocycles. The number of hydrogen-bond acceptors (Lipinski definition) is 6. The van der Waals surface area contributed by atoms with E-state index in [1.54, 1.807) is 0 Å². The molecule has 0 aliphatic heterocycles. The number of halogens is 1.